The summed E-state index contributed by atoms with van der Waals surface area (Å²) in [6.07, 6.45) is 0. The van der Waals surface area contributed by atoms with E-state index in [1.807, 2.05) is 17.5 Å². The predicted octanol–water partition coefficient (Wildman–Crippen LogP) is 4.22. The Bertz CT molecular complexity index is 450. The number of benzene rings is 1. The summed E-state index contributed by atoms with van der Waals surface area (Å²) in [5, 5.41) is 4.10. The summed E-state index contributed by atoms with van der Waals surface area (Å²) in [5.74, 6) is 0.846. The van der Waals surface area contributed by atoms with Crippen molar-refractivity contribution in [1.29, 1.82) is 0 Å². The fraction of sp³-hybridized carbons (Fsp3) is 0.111. The molecule has 0 aliphatic carbocycles. The first-order valence-corrected chi connectivity index (χ1v) is 5.26. The molecule has 1 aromatic heterocycles. The number of ether oxygens (including phenoxy) is 1. The molecule has 0 N–H and O–H groups in total. The van der Waals surface area contributed by atoms with E-state index in [0.717, 1.165) is 15.8 Å². The molecule has 1 aromatic carbocycles. The van der Waals surface area contributed by atoms with Crippen molar-refractivity contribution >= 4 is 44.6 Å². The summed E-state index contributed by atoms with van der Waals surface area (Å²) in [5.41, 5.74) is 0. The van der Waals surface area contributed by atoms with Crippen molar-refractivity contribution in [2.45, 2.75) is 0 Å². The van der Waals surface area contributed by atoms with Gasteiger partial charge in [-0.05, 0) is 12.1 Å². The summed E-state index contributed by atoms with van der Waals surface area (Å²) in [6.45, 7) is 0. The van der Waals surface area contributed by atoms with Crippen LogP contribution in [0.5, 0.6) is 5.75 Å². The molecule has 0 radical (unpaired) electrons. The summed E-state index contributed by atoms with van der Waals surface area (Å²) in [4.78, 5) is 0. The van der Waals surface area contributed by atoms with Gasteiger partial charge in [0, 0.05) is 15.5 Å². The number of hydrogen-bond acceptors (Lipinski definition) is 2. The van der Waals surface area contributed by atoms with E-state index in [1.165, 1.54) is 0 Å². The third-order valence-electron chi connectivity index (χ3n) is 1.80. The normalized spacial score (nSPS) is 10.7. The van der Waals surface area contributed by atoms with Crippen LogP contribution in [0.1, 0.15) is 0 Å². The largest absolute Gasteiger partial charge is 0.495 e. The van der Waals surface area contributed by atoms with Crippen LogP contribution in [0, 0.1) is 0 Å². The molecule has 1 heterocycles. The Morgan fingerprint density at radius 2 is 1.92 bits per heavy atom. The van der Waals surface area contributed by atoms with Crippen LogP contribution in [-0.4, -0.2) is 7.11 Å². The Hall–Kier alpha value is -0.440. The molecule has 0 spiro atoms. The zero-order valence-electron chi connectivity index (χ0n) is 6.80. The molecule has 0 saturated heterocycles. The van der Waals surface area contributed by atoms with Crippen LogP contribution in [0.4, 0.5) is 0 Å². The molecule has 0 saturated carbocycles. The van der Waals surface area contributed by atoms with Crippen LogP contribution >= 0.6 is 34.5 Å². The summed E-state index contributed by atoms with van der Waals surface area (Å²) in [6, 6.07) is 3.68. The zero-order valence-corrected chi connectivity index (χ0v) is 9.13. The number of fused-ring (bicyclic) bond motifs is 1. The highest BCUT2D eigenvalue weighted by atomic mass is 35.5. The highest BCUT2D eigenvalue weighted by molar-refractivity contribution is 7.17. The number of thiophene rings is 1. The number of methoxy groups -OCH3 is 1. The Labute approximate surface area is 89.8 Å². The second kappa shape index (κ2) is 3.37. The zero-order chi connectivity index (χ0) is 9.42. The van der Waals surface area contributed by atoms with Crippen LogP contribution in [-0.2, 0) is 0 Å². The van der Waals surface area contributed by atoms with E-state index in [4.69, 9.17) is 27.9 Å². The molecule has 0 aliphatic rings. The maximum atomic E-state index is 5.89. The molecule has 0 unspecified atom stereocenters. The van der Waals surface area contributed by atoms with Crippen LogP contribution in [0.3, 0.4) is 0 Å². The van der Waals surface area contributed by atoms with Gasteiger partial charge >= 0.3 is 0 Å². The quantitative estimate of drug-likeness (QED) is 0.716. The minimum absolute atomic E-state index is 0.561. The first kappa shape index (κ1) is 9.13. The minimum Gasteiger partial charge on any atom is -0.495 e. The van der Waals surface area contributed by atoms with Crippen LogP contribution in [0.25, 0.3) is 10.1 Å². The Balaban J connectivity index is 2.77. The van der Waals surface area contributed by atoms with Gasteiger partial charge in [0.2, 0.25) is 0 Å². The predicted molar refractivity (Wildman–Crippen MR) is 58.4 cm³/mol. The number of halogens is 2. The Morgan fingerprint density at radius 3 is 2.62 bits per heavy atom. The smallest absolute Gasteiger partial charge is 0.137 e. The van der Waals surface area contributed by atoms with Gasteiger partial charge in [0.05, 0.1) is 17.2 Å². The molecular weight excluding hydrogens is 227 g/mol. The van der Waals surface area contributed by atoms with Crippen molar-refractivity contribution in [2.24, 2.45) is 0 Å². The van der Waals surface area contributed by atoms with Crippen LogP contribution in [0.15, 0.2) is 17.5 Å². The third-order valence-corrected chi connectivity index (χ3v) is 3.45. The second-order valence-corrected chi connectivity index (χ2v) is 4.29. The lowest BCUT2D eigenvalue weighted by atomic mass is 10.2. The monoisotopic (exact) mass is 232 g/mol. The van der Waals surface area contributed by atoms with Crippen LogP contribution in [0.2, 0.25) is 10.0 Å². The van der Waals surface area contributed by atoms with E-state index in [1.54, 1.807) is 18.4 Å². The van der Waals surface area contributed by atoms with E-state index in [-0.39, 0.29) is 0 Å². The van der Waals surface area contributed by atoms with E-state index in [9.17, 15) is 0 Å². The standard InChI is InChI=1S/C9H6Cl2OS/c1-12-8-4-13-9-3-7(11)6(10)2-5(8)9/h2-4H,1H3. The number of rotatable bonds is 1. The summed E-state index contributed by atoms with van der Waals surface area (Å²) in [7, 11) is 1.64. The highest BCUT2D eigenvalue weighted by Gasteiger charge is 2.07. The van der Waals surface area contributed by atoms with Gasteiger partial charge in [-0.15, -0.1) is 11.3 Å². The lowest BCUT2D eigenvalue weighted by Gasteiger charge is -1.98. The van der Waals surface area contributed by atoms with Crippen molar-refractivity contribution in [2.75, 3.05) is 7.11 Å². The molecule has 1 nitrogen and oxygen atoms in total. The van der Waals surface area contributed by atoms with Crippen LogP contribution < -0.4 is 4.74 Å². The van der Waals surface area contributed by atoms with Gasteiger partial charge in [0.25, 0.3) is 0 Å². The van der Waals surface area contributed by atoms with Gasteiger partial charge in [-0.1, -0.05) is 23.2 Å². The molecule has 2 rings (SSSR count). The average molecular weight is 233 g/mol. The summed E-state index contributed by atoms with van der Waals surface area (Å²) >= 11 is 13.4. The first-order chi connectivity index (χ1) is 6.22. The average Bonchev–Trinajstić information content (AvgIpc) is 2.48. The van der Waals surface area contributed by atoms with Gasteiger partial charge in [-0.25, -0.2) is 0 Å². The third kappa shape index (κ3) is 1.50. The topological polar surface area (TPSA) is 9.23 Å². The molecule has 0 amide bonds. The lowest BCUT2D eigenvalue weighted by Crippen LogP contribution is -1.79. The van der Waals surface area contributed by atoms with Gasteiger partial charge in [-0.3, -0.25) is 0 Å². The Morgan fingerprint density at radius 1 is 1.23 bits per heavy atom. The van der Waals surface area contributed by atoms with Crippen molar-refractivity contribution in [1.82, 2.24) is 0 Å². The van der Waals surface area contributed by atoms with Gasteiger partial charge in [0.15, 0.2) is 0 Å². The minimum atomic E-state index is 0.561. The fourth-order valence-electron chi connectivity index (χ4n) is 1.16. The van der Waals surface area contributed by atoms with E-state index < -0.39 is 0 Å². The fourth-order valence-corrected chi connectivity index (χ4v) is 2.48. The molecule has 0 fully saturated rings. The Kier molecular flexibility index (Phi) is 2.37. The molecule has 68 valence electrons. The van der Waals surface area contributed by atoms with E-state index in [0.29, 0.717) is 10.0 Å². The summed E-state index contributed by atoms with van der Waals surface area (Å²) < 4.78 is 6.26. The maximum absolute atomic E-state index is 5.89. The van der Waals surface area contributed by atoms with Crippen molar-refractivity contribution in [3.05, 3.63) is 27.6 Å². The molecule has 2 aromatic rings. The molecular formula is C9H6Cl2OS. The van der Waals surface area contributed by atoms with Gasteiger partial charge in [0.1, 0.15) is 5.75 Å². The van der Waals surface area contributed by atoms with E-state index >= 15 is 0 Å². The number of hydrogen-bond donors (Lipinski definition) is 0. The van der Waals surface area contributed by atoms with Crippen molar-refractivity contribution in [3.63, 3.8) is 0 Å². The SMILES string of the molecule is COc1csc2cc(Cl)c(Cl)cc12. The molecule has 0 aliphatic heterocycles. The highest BCUT2D eigenvalue weighted by Crippen LogP contribution is 2.37. The first-order valence-electron chi connectivity index (χ1n) is 3.62. The van der Waals surface area contributed by atoms with Crippen molar-refractivity contribution < 1.29 is 4.74 Å². The molecule has 0 atom stereocenters. The molecule has 13 heavy (non-hydrogen) atoms. The van der Waals surface area contributed by atoms with Gasteiger partial charge < -0.3 is 4.74 Å². The van der Waals surface area contributed by atoms with Gasteiger partial charge in [-0.2, -0.15) is 0 Å². The lowest BCUT2D eigenvalue weighted by molar-refractivity contribution is 0.421. The maximum Gasteiger partial charge on any atom is 0.137 e. The molecule has 4 heteroatoms. The molecule has 0 bridgehead atoms. The van der Waals surface area contributed by atoms with Crippen molar-refractivity contribution in [3.8, 4) is 5.75 Å². The van der Waals surface area contributed by atoms with E-state index in [2.05, 4.69) is 0 Å². The second-order valence-electron chi connectivity index (χ2n) is 2.57.